The topological polar surface area (TPSA) is 90.3 Å². The first-order chi connectivity index (χ1) is 19.4. The van der Waals surface area contributed by atoms with Crippen molar-refractivity contribution in [2.24, 2.45) is 0 Å². The standard InChI is InChI=1S/C28H33Cl2N5O5/c1-31-27(36)37-15-14-33-10-12-35(13-11-33)22-3-5-23(6-4-22)38-17-24-18-39-28(40-24,19-34-9-8-32-20-34)25-7-2-21(29)16-26(25)30/h2-9,16,20,24H,10-15,17-19H2,1H3,(H,31,36). The third kappa shape index (κ3) is 7.00. The second kappa shape index (κ2) is 13.1. The summed E-state index contributed by atoms with van der Waals surface area (Å²) in [5.74, 6) is -0.328. The number of hydrogen-bond acceptors (Lipinski definition) is 8. The highest BCUT2D eigenvalue weighted by molar-refractivity contribution is 6.35. The van der Waals surface area contributed by atoms with Crippen molar-refractivity contribution in [3.63, 3.8) is 0 Å². The Balaban J connectivity index is 1.13. The van der Waals surface area contributed by atoms with E-state index in [1.165, 1.54) is 0 Å². The second-order valence-electron chi connectivity index (χ2n) is 9.68. The Labute approximate surface area is 243 Å². The number of nitrogens with one attached hydrogen (secondary N) is 1. The van der Waals surface area contributed by atoms with E-state index in [0.717, 1.165) is 44.2 Å². The number of rotatable bonds is 10. The normalized spacial score (nSPS) is 21.4. The Kier molecular flexibility index (Phi) is 9.33. The van der Waals surface area contributed by atoms with Crippen LogP contribution < -0.4 is 15.0 Å². The van der Waals surface area contributed by atoms with Gasteiger partial charge in [0.25, 0.3) is 0 Å². The van der Waals surface area contributed by atoms with Crippen LogP contribution in [0.1, 0.15) is 5.56 Å². The molecule has 2 fully saturated rings. The van der Waals surface area contributed by atoms with Gasteiger partial charge in [-0.2, -0.15) is 0 Å². The van der Waals surface area contributed by atoms with E-state index in [1.54, 1.807) is 31.7 Å². The number of alkyl carbamates (subject to hydrolysis) is 1. The third-order valence-corrected chi connectivity index (χ3v) is 7.55. The molecule has 5 rings (SSSR count). The van der Waals surface area contributed by atoms with Gasteiger partial charge in [0.1, 0.15) is 25.1 Å². The maximum atomic E-state index is 11.2. The number of hydrogen-bond donors (Lipinski definition) is 1. The van der Waals surface area contributed by atoms with Crippen LogP contribution in [0.15, 0.2) is 61.2 Å². The molecule has 1 N–H and O–H groups in total. The number of piperazine rings is 1. The fourth-order valence-corrected chi connectivity index (χ4v) is 5.44. The molecular weight excluding hydrogens is 557 g/mol. The van der Waals surface area contributed by atoms with Crippen LogP contribution in [0.4, 0.5) is 10.5 Å². The lowest BCUT2D eigenvalue weighted by atomic mass is 10.1. The van der Waals surface area contributed by atoms with E-state index in [2.05, 4.69) is 32.2 Å². The molecule has 214 valence electrons. The summed E-state index contributed by atoms with van der Waals surface area (Å²) in [5, 5.41) is 3.48. The van der Waals surface area contributed by atoms with Crippen molar-refractivity contribution >= 4 is 35.0 Å². The summed E-state index contributed by atoms with van der Waals surface area (Å²) in [7, 11) is 1.56. The number of ether oxygens (including phenoxy) is 4. The van der Waals surface area contributed by atoms with Gasteiger partial charge in [-0.25, -0.2) is 9.78 Å². The van der Waals surface area contributed by atoms with Gasteiger partial charge in [0.15, 0.2) is 0 Å². The van der Waals surface area contributed by atoms with Gasteiger partial charge in [-0.05, 0) is 36.4 Å². The smallest absolute Gasteiger partial charge is 0.406 e. The first-order valence-electron chi connectivity index (χ1n) is 13.2. The number of halogens is 2. The highest BCUT2D eigenvalue weighted by Gasteiger charge is 2.45. The number of anilines is 1. The van der Waals surface area contributed by atoms with Gasteiger partial charge >= 0.3 is 6.09 Å². The number of amides is 1. The number of carbonyl (C=O) groups is 1. The Bertz CT molecular complexity index is 1250. The van der Waals surface area contributed by atoms with Gasteiger partial charge in [0.05, 0.1) is 24.5 Å². The van der Waals surface area contributed by atoms with Gasteiger partial charge in [0.2, 0.25) is 5.79 Å². The molecular formula is C28H33Cl2N5O5. The van der Waals surface area contributed by atoms with E-state index in [0.29, 0.717) is 42.0 Å². The molecule has 1 amide bonds. The van der Waals surface area contributed by atoms with Gasteiger partial charge in [0, 0.05) is 68.4 Å². The lowest BCUT2D eigenvalue weighted by molar-refractivity contribution is -0.189. The van der Waals surface area contributed by atoms with Crippen molar-refractivity contribution in [1.29, 1.82) is 0 Å². The molecule has 2 aliphatic rings. The summed E-state index contributed by atoms with van der Waals surface area (Å²) in [6, 6.07) is 13.4. The minimum Gasteiger partial charge on any atom is -0.491 e. The van der Waals surface area contributed by atoms with E-state index < -0.39 is 11.9 Å². The average molecular weight is 591 g/mol. The molecule has 2 aliphatic heterocycles. The predicted molar refractivity (Wildman–Crippen MR) is 152 cm³/mol. The Hall–Kier alpha value is -3.02. The van der Waals surface area contributed by atoms with Crippen LogP contribution >= 0.6 is 23.2 Å². The monoisotopic (exact) mass is 589 g/mol. The van der Waals surface area contributed by atoms with Crippen molar-refractivity contribution in [2.45, 2.75) is 18.4 Å². The zero-order chi connectivity index (χ0) is 28.0. The fraction of sp³-hybridized carbons (Fsp3) is 0.429. The summed E-state index contributed by atoms with van der Waals surface area (Å²) >= 11 is 12.7. The SMILES string of the molecule is CNC(=O)OCCN1CCN(c2ccc(OCC3COC(Cn4ccnc4)(c4ccc(Cl)cc4Cl)O3)cc2)CC1. The Morgan fingerprint density at radius 2 is 1.95 bits per heavy atom. The molecule has 0 aliphatic carbocycles. The number of aromatic nitrogens is 2. The summed E-state index contributed by atoms with van der Waals surface area (Å²) in [6.45, 7) is 5.80. The highest BCUT2D eigenvalue weighted by Crippen LogP contribution is 2.40. The molecule has 40 heavy (non-hydrogen) atoms. The van der Waals surface area contributed by atoms with Gasteiger partial charge < -0.3 is 33.7 Å². The quantitative estimate of drug-likeness (QED) is 0.379. The molecule has 2 unspecified atom stereocenters. The number of imidazole rings is 1. The molecule has 12 heteroatoms. The molecule has 0 radical (unpaired) electrons. The molecule has 2 atom stereocenters. The van der Waals surface area contributed by atoms with Gasteiger partial charge in [-0.1, -0.05) is 29.3 Å². The third-order valence-electron chi connectivity index (χ3n) is 7.01. The van der Waals surface area contributed by atoms with Crippen molar-refractivity contribution in [3.8, 4) is 5.75 Å². The molecule has 0 spiro atoms. The summed E-state index contributed by atoms with van der Waals surface area (Å²) in [4.78, 5) is 20.0. The average Bonchev–Trinajstić information content (AvgIpc) is 3.63. The Morgan fingerprint density at radius 1 is 1.15 bits per heavy atom. The zero-order valence-corrected chi connectivity index (χ0v) is 23.8. The Morgan fingerprint density at radius 3 is 2.65 bits per heavy atom. The minimum absolute atomic E-state index is 0.296. The minimum atomic E-state index is -1.09. The highest BCUT2D eigenvalue weighted by atomic mass is 35.5. The first kappa shape index (κ1) is 28.5. The lowest BCUT2D eigenvalue weighted by Crippen LogP contribution is -2.47. The zero-order valence-electron chi connectivity index (χ0n) is 22.3. The van der Waals surface area contributed by atoms with Crippen LogP contribution in [0.3, 0.4) is 0 Å². The van der Waals surface area contributed by atoms with E-state index >= 15 is 0 Å². The maximum Gasteiger partial charge on any atom is 0.406 e. The van der Waals surface area contributed by atoms with Crippen molar-refractivity contribution in [3.05, 3.63) is 76.8 Å². The van der Waals surface area contributed by atoms with E-state index in [4.69, 9.17) is 42.1 Å². The van der Waals surface area contributed by atoms with Crippen molar-refractivity contribution in [2.75, 3.05) is 64.5 Å². The molecule has 3 heterocycles. The van der Waals surface area contributed by atoms with Crippen LogP contribution in [0, 0.1) is 0 Å². The molecule has 10 nitrogen and oxygen atoms in total. The second-order valence-corrected chi connectivity index (χ2v) is 10.5. The molecule has 2 saturated heterocycles. The van der Waals surface area contributed by atoms with E-state index in [-0.39, 0.29) is 6.10 Å². The number of carbonyl (C=O) groups excluding carboxylic acids is 1. The predicted octanol–water partition coefficient (Wildman–Crippen LogP) is 4.02. The van der Waals surface area contributed by atoms with Crippen molar-refractivity contribution in [1.82, 2.24) is 19.8 Å². The molecule has 0 saturated carbocycles. The summed E-state index contributed by atoms with van der Waals surface area (Å²) in [5.41, 5.74) is 1.85. The maximum absolute atomic E-state index is 11.2. The molecule has 1 aromatic heterocycles. The molecule has 0 bridgehead atoms. The van der Waals surface area contributed by atoms with Crippen LogP contribution in [-0.4, -0.2) is 86.2 Å². The van der Waals surface area contributed by atoms with Crippen LogP contribution in [-0.2, 0) is 26.5 Å². The van der Waals surface area contributed by atoms with Gasteiger partial charge in [-0.15, -0.1) is 0 Å². The molecule has 2 aromatic carbocycles. The van der Waals surface area contributed by atoms with E-state index in [1.807, 2.05) is 29.0 Å². The number of benzene rings is 2. The van der Waals surface area contributed by atoms with Crippen LogP contribution in [0.5, 0.6) is 5.75 Å². The molecule has 3 aromatic rings. The lowest BCUT2D eigenvalue weighted by Gasteiger charge is -2.36. The largest absolute Gasteiger partial charge is 0.491 e. The number of nitrogens with zero attached hydrogens (tertiary/aromatic N) is 4. The van der Waals surface area contributed by atoms with Crippen molar-refractivity contribution < 1.29 is 23.7 Å². The van der Waals surface area contributed by atoms with E-state index in [9.17, 15) is 4.79 Å². The first-order valence-corrected chi connectivity index (χ1v) is 14.0. The summed E-state index contributed by atoms with van der Waals surface area (Å²) in [6.07, 6.45) is 4.58. The fourth-order valence-electron chi connectivity index (χ4n) is 4.89. The van der Waals surface area contributed by atoms with Gasteiger partial charge in [-0.3, -0.25) is 4.90 Å². The van der Waals surface area contributed by atoms with Crippen LogP contribution in [0.25, 0.3) is 0 Å². The summed E-state index contributed by atoms with van der Waals surface area (Å²) < 4.78 is 25.8. The van der Waals surface area contributed by atoms with Crippen LogP contribution in [0.2, 0.25) is 10.0 Å².